The van der Waals surface area contributed by atoms with Gasteiger partial charge in [-0.3, -0.25) is 0 Å². The van der Waals surface area contributed by atoms with Crippen molar-refractivity contribution in [2.75, 3.05) is 5.32 Å². The fourth-order valence-corrected chi connectivity index (χ4v) is 3.13. The van der Waals surface area contributed by atoms with E-state index in [0.717, 1.165) is 22.2 Å². The molecule has 3 aromatic rings. The zero-order valence-electron chi connectivity index (χ0n) is 15.3. The molecule has 0 saturated heterocycles. The first-order chi connectivity index (χ1) is 12.4. The highest BCUT2D eigenvalue weighted by atomic mass is 32.1. The number of para-hydroxylation sites is 1. The van der Waals surface area contributed by atoms with Crippen LogP contribution in [0.4, 0.5) is 11.4 Å². The number of aromatic hydroxyl groups is 1. The Kier molecular flexibility index (Phi) is 5.04. The fourth-order valence-electron chi connectivity index (χ4n) is 2.98. The van der Waals surface area contributed by atoms with E-state index in [9.17, 15) is 5.11 Å². The van der Waals surface area contributed by atoms with Gasteiger partial charge in [0.1, 0.15) is 0 Å². The summed E-state index contributed by atoms with van der Waals surface area (Å²) in [6, 6.07) is 13.8. The Hall–Kier alpha value is -2.73. The maximum Gasteiger partial charge on any atom is 0.221 e. The van der Waals surface area contributed by atoms with Crippen molar-refractivity contribution >= 4 is 39.6 Å². The number of aryl methyl sites for hydroxylation is 1. The van der Waals surface area contributed by atoms with Gasteiger partial charge in [0.15, 0.2) is 5.69 Å². The van der Waals surface area contributed by atoms with Crippen molar-refractivity contribution in [1.29, 1.82) is 0 Å². The smallest absolute Gasteiger partial charge is 0.221 e. The highest BCUT2D eigenvalue weighted by Gasteiger charge is 2.18. The van der Waals surface area contributed by atoms with Crippen LogP contribution in [-0.2, 0) is 0 Å². The van der Waals surface area contributed by atoms with Gasteiger partial charge < -0.3 is 15.0 Å². The third-order valence-electron chi connectivity index (χ3n) is 4.46. The van der Waals surface area contributed by atoms with Crippen LogP contribution in [0, 0.1) is 13.8 Å². The molecule has 1 heterocycles. The molecule has 0 fully saturated rings. The molecule has 0 aliphatic carbocycles. The van der Waals surface area contributed by atoms with E-state index < -0.39 is 0 Å². The Morgan fingerprint density at radius 3 is 2.58 bits per heavy atom. The minimum atomic E-state index is 0.0967. The minimum absolute atomic E-state index is 0.0967. The fraction of sp³-hybridized carbons (Fsp3) is 0.250. The molecule has 0 atom stereocenters. The number of benzene rings is 2. The highest BCUT2D eigenvalue weighted by molar-refractivity contribution is 7.80. The Balaban J connectivity index is 1.92. The highest BCUT2D eigenvalue weighted by Crippen LogP contribution is 2.40. The average molecular weight is 366 g/mol. The number of hydrogen-bond donors (Lipinski definition) is 2. The molecule has 0 bridgehead atoms. The molecular formula is C20H22N4OS. The van der Waals surface area contributed by atoms with Crippen molar-refractivity contribution in [3.8, 4) is 5.88 Å². The summed E-state index contributed by atoms with van der Waals surface area (Å²) in [5.41, 5.74) is 4.54. The van der Waals surface area contributed by atoms with Crippen LogP contribution in [0.15, 0.2) is 52.7 Å². The van der Waals surface area contributed by atoms with E-state index in [0.29, 0.717) is 5.69 Å². The van der Waals surface area contributed by atoms with Crippen LogP contribution in [0.1, 0.15) is 31.0 Å². The van der Waals surface area contributed by atoms with Gasteiger partial charge in [0.2, 0.25) is 11.0 Å². The molecule has 2 aromatic carbocycles. The van der Waals surface area contributed by atoms with E-state index >= 15 is 0 Å². The van der Waals surface area contributed by atoms with E-state index in [-0.39, 0.29) is 17.0 Å². The summed E-state index contributed by atoms with van der Waals surface area (Å²) in [5, 5.41) is 23.2. The summed E-state index contributed by atoms with van der Waals surface area (Å²) in [6.45, 7) is 8.10. The number of thiocarbonyl (C=S) groups is 1. The van der Waals surface area contributed by atoms with Crippen LogP contribution >= 0.6 is 12.2 Å². The molecule has 134 valence electrons. The Bertz CT molecular complexity index is 1000. The topological polar surface area (TPSA) is 61.9 Å². The van der Waals surface area contributed by atoms with Gasteiger partial charge in [-0.15, -0.1) is 10.2 Å². The second kappa shape index (κ2) is 7.25. The average Bonchev–Trinajstić information content (AvgIpc) is 2.88. The van der Waals surface area contributed by atoms with Crippen LogP contribution in [0.3, 0.4) is 0 Å². The molecule has 2 N–H and O–H groups in total. The lowest BCUT2D eigenvalue weighted by molar-refractivity contribution is 0.407. The normalized spacial score (nSPS) is 11.6. The number of aromatic nitrogens is 1. The van der Waals surface area contributed by atoms with Crippen molar-refractivity contribution in [1.82, 2.24) is 4.57 Å². The molecule has 3 rings (SSSR count). The molecule has 0 amide bonds. The monoisotopic (exact) mass is 366 g/mol. The molecule has 6 heteroatoms. The summed E-state index contributed by atoms with van der Waals surface area (Å²) < 4.78 is 1.84. The summed E-state index contributed by atoms with van der Waals surface area (Å²) in [4.78, 5) is 0. The lowest BCUT2D eigenvalue weighted by Gasteiger charge is -2.10. The second-order valence-electron chi connectivity index (χ2n) is 6.53. The SMILES string of the molecule is Cc1cccc(NC(=S)N=Nc2c(O)n(C(C)C)c3ccccc23)c1C. The molecule has 0 aliphatic rings. The van der Waals surface area contributed by atoms with Crippen molar-refractivity contribution in [3.63, 3.8) is 0 Å². The van der Waals surface area contributed by atoms with Gasteiger partial charge in [-0.25, -0.2) is 0 Å². The number of hydrogen-bond acceptors (Lipinski definition) is 3. The van der Waals surface area contributed by atoms with E-state index in [4.69, 9.17) is 12.2 Å². The maximum absolute atomic E-state index is 10.6. The standard InChI is InChI=1S/C20H22N4OS/c1-12(2)24-17-11-6-5-9-15(17)18(19(24)25)22-23-20(26)21-16-10-7-8-13(3)14(16)4/h5-12,25H,1-4H3,(H,21,26). The number of anilines is 1. The zero-order chi connectivity index (χ0) is 18.8. The summed E-state index contributed by atoms with van der Waals surface area (Å²) in [5.74, 6) is 0.0967. The zero-order valence-corrected chi connectivity index (χ0v) is 16.1. The third kappa shape index (κ3) is 3.32. The first-order valence-electron chi connectivity index (χ1n) is 8.51. The number of nitrogens with one attached hydrogen (secondary N) is 1. The van der Waals surface area contributed by atoms with Gasteiger partial charge in [-0.05, 0) is 63.2 Å². The van der Waals surface area contributed by atoms with Crippen molar-refractivity contribution in [2.24, 2.45) is 10.2 Å². The predicted molar refractivity (Wildman–Crippen MR) is 111 cm³/mol. The van der Waals surface area contributed by atoms with Gasteiger partial charge in [-0.1, -0.05) is 30.3 Å². The largest absolute Gasteiger partial charge is 0.493 e. The van der Waals surface area contributed by atoms with Crippen LogP contribution in [-0.4, -0.2) is 14.8 Å². The minimum Gasteiger partial charge on any atom is -0.493 e. The van der Waals surface area contributed by atoms with Crippen molar-refractivity contribution in [3.05, 3.63) is 53.6 Å². The maximum atomic E-state index is 10.6. The number of nitrogens with zero attached hydrogens (tertiary/aromatic N) is 3. The van der Waals surface area contributed by atoms with Gasteiger partial charge in [-0.2, -0.15) is 0 Å². The Labute approximate surface area is 158 Å². The molecule has 26 heavy (non-hydrogen) atoms. The lowest BCUT2D eigenvalue weighted by atomic mass is 10.1. The van der Waals surface area contributed by atoms with E-state index in [1.807, 2.05) is 74.7 Å². The Morgan fingerprint density at radius 2 is 1.85 bits per heavy atom. The Morgan fingerprint density at radius 1 is 1.12 bits per heavy atom. The van der Waals surface area contributed by atoms with Crippen molar-refractivity contribution < 1.29 is 5.11 Å². The first-order valence-corrected chi connectivity index (χ1v) is 8.91. The molecule has 0 aliphatic heterocycles. The molecule has 0 spiro atoms. The summed E-state index contributed by atoms with van der Waals surface area (Å²) >= 11 is 5.30. The molecular weight excluding hydrogens is 344 g/mol. The molecule has 1 aromatic heterocycles. The second-order valence-corrected chi connectivity index (χ2v) is 6.92. The first kappa shape index (κ1) is 18.1. The quantitative estimate of drug-likeness (QED) is 0.440. The van der Waals surface area contributed by atoms with Crippen LogP contribution in [0.25, 0.3) is 10.9 Å². The van der Waals surface area contributed by atoms with E-state index in [1.54, 1.807) is 0 Å². The van der Waals surface area contributed by atoms with E-state index in [2.05, 4.69) is 15.5 Å². The van der Waals surface area contributed by atoms with Crippen LogP contribution in [0.5, 0.6) is 5.88 Å². The van der Waals surface area contributed by atoms with Gasteiger partial charge in [0.25, 0.3) is 0 Å². The summed E-state index contributed by atoms with van der Waals surface area (Å²) in [7, 11) is 0. The van der Waals surface area contributed by atoms with Gasteiger partial charge in [0.05, 0.1) is 5.52 Å². The number of rotatable bonds is 3. The third-order valence-corrected chi connectivity index (χ3v) is 4.65. The molecule has 0 radical (unpaired) electrons. The number of fused-ring (bicyclic) bond motifs is 1. The molecule has 0 saturated carbocycles. The number of azo groups is 1. The summed E-state index contributed by atoms with van der Waals surface area (Å²) in [6.07, 6.45) is 0. The van der Waals surface area contributed by atoms with E-state index in [1.165, 1.54) is 5.56 Å². The predicted octanol–water partition coefficient (Wildman–Crippen LogP) is 6.03. The van der Waals surface area contributed by atoms with Crippen LogP contribution in [0.2, 0.25) is 0 Å². The van der Waals surface area contributed by atoms with Gasteiger partial charge >= 0.3 is 0 Å². The lowest BCUT2D eigenvalue weighted by Crippen LogP contribution is -2.06. The van der Waals surface area contributed by atoms with Gasteiger partial charge in [0, 0.05) is 17.1 Å². The van der Waals surface area contributed by atoms with Crippen molar-refractivity contribution in [2.45, 2.75) is 33.7 Å². The molecule has 5 nitrogen and oxygen atoms in total. The van der Waals surface area contributed by atoms with Crippen LogP contribution < -0.4 is 5.32 Å². The molecule has 0 unspecified atom stereocenters.